The molecule has 0 spiro atoms. The van der Waals surface area contributed by atoms with Gasteiger partial charge in [-0.3, -0.25) is 0 Å². The van der Waals surface area contributed by atoms with Crippen LogP contribution in [0.2, 0.25) is 0 Å². The minimum atomic E-state index is 0.826. The van der Waals surface area contributed by atoms with Gasteiger partial charge in [-0.15, -0.1) is 10.2 Å². The monoisotopic (exact) mass is 292 g/mol. The third-order valence-corrected chi connectivity index (χ3v) is 3.44. The highest BCUT2D eigenvalue weighted by Crippen LogP contribution is 2.23. The molecule has 0 amide bonds. The maximum Gasteiger partial charge on any atom is 0.118 e. The van der Waals surface area contributed by atoms with Crippen molar-refractivity contribution in [2.45, 2.75) is 0 Å². The molecule has 3 aromatic rings. The summed E-state index contributed by atoms with van der Waals surface area (Å²) in [5, 5.41) is 8.60. The lowest BCUT2D eigenvalue weighted by Crippen LogP contribution is -1.91. The summed E-state index contributed by atoms with van der Waals surface area (Å²) < 4.78 is 10.3. The molecule has 4 heteroatoms. The van der Waals surface area contributed by atoms with Gasteiger partial charge in [0.25, 0.3) is 0 Å². The normalized spacial score (nSPS) is 10.3. The maximum atomic E-state index is 5.15. The first-order valence-electron chi connectivity index (χ1n) is 6.93. The number of aromatic nitrogens is 2. The van der Waals surface area contributed by atoms with Gasteiger partial charge in [0.1, 0.15) is 11.5 Å². The molecule has 0 saturated carbocycles. The molecule has 0 aliphatic rings. The lowest BCUT2D eigenvalue weighted by molar-refractivity contribution is 0.414. The first kappa shape index (κ1) is 14.1. The van der Waals surface area contributed by atoms with Gasteiger partial charge in [-0.05, 0) is 60.7 Å². The van der Waals surface area contributed by atoms with E-state index in [0.29, 0.717) is 0 Å². The van der Waals surface area contributed by atoms with Gasteiger partial charge in [-0.25, -0.2) is 0 Å². The molecule has 110 valence electrons. The van der Waals surface area contributed by atoms with Crippen molar-refractivity contribution in [3.05, 3.63) is 60.7 Å². The molecular formula is C18H16N2O2. The van der Waals surface area contributed by atoms with E-state index in [-0.39, 0.29) is 0 Å². The zero-order chi connectivity index (χ0) is 15.4. The van der Waals surface area contributed by atoms with Crippen LogP contribution in [0, 0.1) is 0 Å². The molecule has 1 aromatic heterocycles. The summed E-state index contributed by atoms with van der Waals surface area (Å²) in [4.78, 5) is 0. The van der Waals surface area contributed by atoms with Crippen molar-refractivity contribution in [1.29, 1.82) is 0 Å². The van der Waals surface area contributed by atoms with Crippen molar-refractivity contribution in [3.63, 3.8) is 0 Å². The van der Waals surface area contributed by atoms with Crippen LogP contribution in [0.1, 0.15) is 0 Å². The van der Waals surface area contributed by atoms with Gasteiger partial charge in [0.05, 0.1) is 25.6 Å². The Labute approximate surface area is 129 Å². The summed E-state index contributed by atoms with van der Waals surface area (Å²) in [6, 6.07) is 19.5. The van der Waals surface area contributed by atoms with E-state index in [1.165, 1.54) is 0 Å². The average molecular weight is 292 g/mol. The predicted octanol–water partition coefficient (Wildman–Crippen LogP) is 3.83. The largest absolute Gasteiger partial charge is 0.497 e. The summed E-state index contributed by atoms with van der Waals surface area (Å²) in [5.74, 6) is 1.65. The van der Waals surface area contributed by atoms with Crippen molar-refractivity contribution in [3.8, 4) is 34.0 Å². The Morgan fingerprint density at radius 3 is 1.18 bits per heavy atom. The number of benzene rings is 2. The summed E-state index contributed by atoms with van der Waals surface area (Å²) in [7, 11) is 3.30. The molecule has 2 aromatic carbocycles. The van der Waals surface area contributed by atoms with Crippen molar-refractivity contribution in [1.82, 2.24) is 10.2 Å². The number of rotatable bonds is 4. The molecule has 0 aliphatic heterocycles. The van der Waals surface area contributed by atoms with Crippen LogP contribution in [0.5, 0.6) is 11.5 Å². The van der Waals surface area contributed by atoms with Gasteiger partial charge in [-0.2, -0.15) is 0 Å². The average Bonchev–Trinajstić information content (AvgIpc) is 2.62. The van der Waals surface area contributed by atoms with E-state index < -0.39 is 0 Å². The first-order chi connectivity index (χ1) is 10.8. The van der Waals surface area contributed by atoms with Crippen LogP contribution in [0.3, 0.4) is 0 Å². The molecule has 0 saturated heterocycles. The number of hydrogen-bond acceptors (Lipinski definition) is 4. The van der Waals surface area contributed by atoms with Crippen LogP contribution in [0.4, 0.5) is 0 Å². The van der Waals surface area contributed by atoms with Crippen LogP contribution in [0.15, 0.2) is 60.7 Å². The van der Waals surface area contributed by atoms with Crippen LogP contribution in [-0.2, 0) is 0 Å². The summed E-state index contributed by atoms with van der Waals surface area (Å²) in [6.45, 7) is 0. The second-order valence-corrected chi connectivity index (χ2v) is 4.76. The lowest BCUT2D eigenvalue weighted by Gasteiger charge is -2.05. The molecule has 0 atom stereocenters. The van der Waals surface area contributed by atoms with Crippen molar-refractivity contribution < 1.29 is 9.47 Å². The van der Waals surface area contributed by atoms with Gasteiger partial charge in [0.2, 0.25) is 0 Å². The molecule has 0 aliphatic carbocycles. The first-order valence-corrected chi connectivity index (χ1v) is 6.93. The van der Waals surface area contributed by atoms with E-state index in [4.69, 9.17) is 9.47 Å². The molecule has 3 rings (SSSR count). The number of nitrogens with zero attached hydrogens (tertiary/aromatic N) is 2. The fraction of sp³-hybridized carbons (Fsp3) is 0.111. The molecule has 22 heavy (non-hydrogen) atoms. The van der Waals surface area contributed by atoms with Crippen molar-refractivity contribution in [2.24, 2.45) is 0 Å². The van der Waals surface area contributed by atoms with E-state index in [1.54, 1.807) is 14.2 Å². The summed E-state index contributed by atoms with van der Waals surface area (Å²) >= 11 is 0. The quantitative estimate of drug-likeness (QED) is 0.733. The van der Waals surface area contributed by atoms with Crippen LogP contribution < -0.4 is 9.47 Å². The van der Waals surface area contributed by atoms with Crippen LogP contribution in [-0.4, -0.2) is 24.4 Å². The van der Waals surface area contributed by atoms with Crippen LogP contribution >= 0.6 is 0 Å². The summed E-state index contributed by atoms with van der Waals surface area (Å²) in [6.07, 6.45) is 0. The highest BCUT2D eigenvalue weighted by Gasteiger charge is 2.04. The molecule has 0 N–H and O–H groups in total. The Morgan fingerprint density at radius 2 is 0.909 bits per heavy atom. The van der Waals surface area contributed by atoms with Crippen molar-refractivity contribution in [2.75, 3.05) is 14.2 Å². The predicted molar refractivity (Wildman–Crippen MR) is 86.0 cm³/mol. The Bertz CT molecular complexity index is 669. The third kappa shape index (κ3) is 2.91. The van der Waals surface area contributed by atoms with E-state index in [1.807, 2.05) is 60.7 Å². The zero-order valence-electron chi connectivity index (χ0n) is 12.5. The maximum absolute atomic E-state index is 5.15. The third-order valence-electron chi connectivity index (χ3n) is 3.44. The van der Waals surface area contributed by atoms with Gasteiger partial charge >= 0.3 is 0 Å². The Morgan fingerprint density at radius 1 is 0.545 bits per heavy atom. The molecule has 0 radical (unpaired) electrons. The number of hydrogen-bond donors (Lipinski definition) is 0. The molecular weight excluding hydrogens is 276 g/mol. The van der Waals surface area contributed by atoms with Gasteiger partial charge < -0.3 is 9.47 Å². The second-order valence-electron chi connectivity index (χ2n) is 4.76. The minimum Gasteiger partial charge on any atom is -0.497 e. The zero-order valence-corrected chi connectivity index (χ0v) is 12.5. The summed E-state index contributed by atoms with van der Waals surface area (Å²) in [5.41, 5.74) is 3.68. The van der Waals surface area contributed by atoms with E-state index in [0.717, 1.165) is 34.0 Å². The van der Waals surface area contributed by atoms with Gasteiger partial charge in [0, 0.05) is 11.1 Å². The van der Waals surface area contributed by atoms with E-state index in [2.05, 4.69) is 10.2 Å². The number of ether oxygens (including phenoxy) is 2. The number of methoxy groups -OCH3 is 2. The Kier molecular flexibility index (Phi) is 4.01. The van der Waals surface area contributed by atoms with Crippen LogP contribution in [0.25, 0.3) is 22.5 Å². The standard InChI is InChI=1S/C18H16N2O2/c1-21-15-7-3-13(4-8-15)17-11-12-18(20-19-17)14-5-9-16(22-2)10-6-14/h3-12H,1-2H3. The van der Waals surface area contributed by atoms with E-state index >= 15 is 0 Å². The Balaban J connectivity index is 1.84. The topological polar surface area (TPSA) is 44.2 Å². The fourth-order valence-corrected chi connectivity index (χ4v) is 2.16. The fourth-order valence-electron chi connectivity index (χ4n) is 2.16. The SMILES string of the molecule is COc1ccc(-c2ccc(-c3ccc(OC)cc3)nn2)cc1. The molecule has 4 nitrogen and oxygen atoms in total. The highest BCUT2D eigenvalue weighted by atomic mass is 16.5. The molecule has 1 heterocycles. The molecule has 0 bridgehead atoms. The highest BCUT2D eigenvalue weighted by molar-refractivity contribution is 5.64. The molecule has 0 fully saturated rings. The van der Waals surface area contributed by atoms with E-state index in [9.17, 15) is 0 Å². The Hall–Kier alpha value is -2.88. The molecule has 0 unspecified atom stereocenters. The minimum absolute atomic E-state index is 0.826. The van der Waals surface area contributed by atoms with Crippen molar-refractivity contribution >= 4 is 0 Å². The second kappa shape index (κ2) is 6.26. The lowest BCUT2D eigenvalue weighted by atomic mass is 10.1. The van der Waals surface area contributed by atoms with Gasteiger partial charge in [0.15, 0.2) is 0 Å². The smallest absolute Gasteiger partial charge is 0.118 e. The van der Waals surface area contributed by atoms with Gasteiger partial charge in [-0.1, -0.05) is 0 Å².